The van der Waals surface area contributed by atoms with Gasteiger partial charge in [-0.3, -0.25) is 4.79 Å². The number of hydrogen-bond acceptors (Lipinski definition) is 3. The van der Waals surface area contributed by atoms with E-state index in [2.05, 4.69) is 16.0 Å². The van der Waals surface area contributed by atoms with Gasteiger partial charge >= 0.3 is 6.03 Å². The molecular formula is C20H20ClN3O3. The molecule has 1 atom stereocenters. The molecule has 3 amide bonds. The zero-order valence-corrected chi connectivity index (χ0v) is 15.8. The van der Waals surface area contributed by atoms with Crippen molar-refractivity contribution in [1.82, 2.24) is 10.6 Å². The highest BCUT2D eigenvalue weighted by atomic mass is 35.5. The second-order valence-electron chi connectivity index (χ2n) is 6.01. The van der Waals surface area contributed by atoms with Crippen molar-refractivity contribution >= 4 is 29.2 Å². The lowest BCUT2D eigenvalue weighted by molar-refractivity contribution is -0.113. The average molecular weight is 386 g/mol. The highest BCUT2D eigenvalue weighted by Crippen LogP contribution is 2.31. The van der Waals surface area contributed by atoms with Gasteiger partial charge in [-0.1, -0.05) is 35.9 Å². The Morgan fingerprint density at radius 3 is 2.74 bits per heavy atom. The predicted molar refractivity (Wildman–Crippen MR) is 105 cm³/mol. The van der Waals surface area contributed by atoms with Crippen LogP contribution in [0, 0.1) is 0 Å². The number of hydrogen-bond donors (Lipinski definition) is 3. The first-order chi connectivity index (χ1) is 13.0. The molecular weight excluding hydrogens is 366 g/mol. The van der Waals surface area contributed by atoms with Crippen molar-refractivity contribution in [2.45, 2.75) is 19.9 Å². The lowest BCUT2D eigenvalue weighted by Gasteiger charge is -2.29. The molecule has 0 unspecified atom stereocenters. The predicted octanol–water partition coefficient (Wildman–Crippen LogP) is 4.01. The summed E-state index contributed by atoms with van der Waals surface area (Å²) in [4.78, 5) is 25.0. The Hall–Kier alpha value is -2.99. The summed E-state index contributed by atoms with van der Waals surface area (Å²) in [5, 5.41) is 8.85. The second kappa shape index (κ2) is 8.14. The third kappa shape index (κ3) is 4.23. The first-order valence-electron chi connectivity index (χ1n) is 8.56. The van der Waals surface area contributed by atoms with Gasteiger partial charge < -0.3 is 20.7 Å². The Morgan fingerprint density at radius 2 is 2.00 bits per heavy atom. The van der Waals surface area contributed by atoms with E-state index in [-0.39, 0.29) is 11.9 Å². The molecule has 0 aliphatic carbocycles. The van der Waals surface area contributed by atoms with E-state index in [9.17, 15) is 9.59 Å². The summed E-state index contributed by atoms with van der Waals surface area (Å²) < 4.78 is 5.56. The van der Waals surface area contributed by atoms with Crippen molar-refractivity contribution in [2.24, 2.45) is 0 Å². The monoisotopic (exact) mass is 385 g/mol. The van der Waals surface area contributed by atoms with Gasteiger partial charge in [0.25, 0.3) is 5.91 Å². The molecule has 0 spiro atoms. The molecule has 1 aliphatic rings. The standard InChI is InChI=1S/C20H20ClN3O3/c1-3-27-16-10-5-4-9-15(16)23-19(25)17-12(2)22-20(26)24-18(17)13-7-6-8-14(21)11-13/h4-11,18H,3H2,1-2H3,(H,23,25)(H2,22,24,26)/t18-/m0/s1. The molecule has 2 aromatic carbocycles. The van der Waals surface area contributed by atoms with Crippen molar-refractivity contribution in [1.29, 1.82) is 0 Å². The summed E-state index contributed by atoms with van der Waals surface area (Å²) in [6.07, 6.45) is 0. The van der Waals surface area contributed by atoms with Crippen LogP contribution < -0.4 is 20.7 Å². The summed E-state index contributed by atoms with van der Waals surface area (Å²) in [7, 11) is 0. The van der Waals surface area contributed by atoms with E-state index in [0.29, 0.717) is 34.3 Å². The second-order valence-corrected chi connectivity index (χ2v) is 6.44. The van der Waals surface area contributed by atoms with Crippen molar-refractivity contribution in [3.8, 4) is 5.75 Å². The van der Waals surface area contributed by atoms with E-state index < -0.39 is 6.04 Å². The molecule has 0 aromatic heterocycles. The smallest absolute Gasteiger partial charge is 0.319 e. The summed E-state index contributed by atoms with van der Waals surface area (Å²) in [6.45, 7) is 4.05. The van der Waals surface area contributed by atoms with Crippen LogP contribution in [-0.4, -0.2) is 18.5 Å². The van der Waals surface area contributed by atoms with Gasteiger partial charge in [0.2, 0.25) is 0 Å². The summed E-state index contributed by atoms with van der Waals surface area (Å²) in [6, 6.07) is 13.3. The van der Waals surface area contributed by atoms with Crippen molar-refractivity contribution in [3.63, 3.8) is 0 Å². The van der Waals surface area contributed by atoms with Gasteiger partial charge in [0.15, 0.2) is 0 Å². The topological polar surface area (TPSA) is 79.5 Å². The van der Waals surface area contributed by atoms with Crippen LogP contribution in [0.15, 0.2) is 59.8 Å². The maximum absolute atomic E-state index is 13.1. The third-order valence-corrected chi connectivity index (χ3v) is 4.37. The number of halogens is 1. The zero-order chi connectivity index (χ0) is 19.4. The number of rotatable bonds is 5. The van der Waals surface area contributed by atoms with E-state index in [1.165, 1.54) is 0 Å². The Balaban J connectivity index is 1.95. The molecule has 0 fully saturated rings. The maximum atomic E-state index is 13.1. The highest BCUT2D eigenvalue weighted by Gasteiger charge is 2.31. The van der Waals surface area contributed by atoms with E-state index in [1.807, 2.05) is 25.1 Å². The number of benzene rings is 2. The summed E-state index contributed by atoms with van der Waals surface area (Å²) >= 11 is 6.09. The van der Waals surface area contributed by atoms with E-state index in [4.69, 9.17) is 16.3 Å². The molecule has 7 heteroatoms. The quantitative estimate of drug-likeness (QED) is 0.727. The molecule has 1 aliphatic heterocycles. The average Bonchev–Trinajstić information content (AvgIpc) is 2.63. The van der Waals surface area contributed by atoms with E-state index in [0.717, 1.165) is 5.56 Å². The van der Waals surface area contributed by atoms with Gasteiger partial charge in [0, 0.05) is 10.7 Å². The number of para-hydroxylation sites is 2. The van der Waals surface area contributed by atoms with Gasteiger partial charge in [-0.2, -0.15) is 0 Å². The molecule has 2 aromatic rings. The van der Waals surface area contributed by atoms with Crippen LogP contribution in [-0.2, 0) is 4.79 Å². The molecule has 0 bridgehead atoms. The fourth-order valence-electron chi connectivity index (χ4n) is 2.97. The van der Waals surface area contributed by atoms with Crippen LogP contribution in [0.3, 0.4) is 0 Å². The zero-order valence-electron chi connectivity index (χ0n) is 15.0. The van der Waals surface area contributed by atoms with Gasteiger partial charge in [-0.15, -0.1) is 0 Å². The fourth-order valence-corrected chi connectivity index (χ4v) is 3.17. The number of urea groups is 1. The van der Waals surface area contributed by atoms with Crippen LogP contribution >= 0.6 is 11.6 Å². The highest BCUT2D eigenvalue weighted by molar-refractivity contribution is 6.30. The van der Waals surface area contributed by atoms with Crippen LogP contribution in [0.1, 0.15) is 25.5 Å². The van der Waals surface area contributed by atoms with Gasteiger partial charge in [0.05, 0.1) is 23.9 Å². The van der Waals surface area contributed by atoms with Crippen LogP contribution in [0.5, 0.6) is 5.75 Å². The molecule has 1 heterocycles. The van der Waals surface area contributed by atoms with E-state index >= 15 is 0 Å². The van der Waals surface area contributed by atoms with Crippen LogP contribution in [0.2, 0.25) is 5.02 Å². The SMILES string of the molecule is CCOc1ccccc1NC(=O)C1=C(C)NC(=O)N[C@H]1c1cccc(Cl)c1. The fraction of sp³-hybridized carbons (Fsp3) is 0.200. The molecule has 27 heavy (non-hydrogen) atoms. The number of amides is 3. The lowest BCUT2D eigenvalue weighted by Crippen LogP contribution is -2.46. The van der Waals surface area contributed by atoms with E-state index in [1.54, 1.807) is 37.3 Å². The Bertz CT molecular complexity index is 911. The molecule has 3 rings (SSSR count). The Kier molecular flexibility index (Phi) is 5.66. The third-order valence-electron chi connectivity index (χ3n) is 4.13. The Morgan fingerprint density at radius 1 is 1.22 bits per heavy atom. The summed E-state index contributed by atoms with van der Waals surface area (Å²) in [5.74, 6) is 0.246. The minimum Gasteiger partial charge on any atom is -0.492 e. The minimum atomic E-state index is -0.614. The molecule has 0 radical (unpaired) electrons. The molecule has 6 nitrogen and oxygen atoms in total. The van der Waals surface area contributed by atoms with Gasteiger partial charge in [0.1, 0.15) is 5.75 Å². The molecule has 3 N–H and O–H groups in total. The molecule has 0 saturated carbocycles. The normalized spacial score (nSPS) is 16.4. The lowest BCUT2D eigenvalue weighted by atomic mass is 9.95. The number of allylic oxidation sites excluding steroid dienone is 1. The van der Waals surface area contributed by atoms with Gasteiger partial charge in [-0.05, 0) is 43.7 Å². The first kappa shape index (κ1) is 18.8. The van der Waals surface area contributed by atoms with Crippen LogP contribution in [0.4, 0.5) is 10.5 Å². The Labute approximate surface area is 162 Å². The number of anilines is 1. The number of carbonyl (C=O) groups is 2. The van der Waals surface area contributed by atoms with Gasteiger partial charge in [-0.25, -0.2) is 4.79 Å². The first-order valence-corrected chi connectivity index (χ1v) is 8.94. The number of nitrogens with one attached hydrogen (secondary N) is 3. The largest absolute Gasteiger partial charge is 0.492 e. The van der Waals surface area contributed by atoms with Crippen molar-refractivity contribution in [2.75, 3.05) is 11.9 Å². The van der Waals surface area contributed by atoms with Crippen molar-refractivity contribution < 1.29 is 14.3 Å². The van der Waals surface area contributed by atoms with Crippen LogP contribution in [0.25, 0.3) is 0 Å². The molecule has 0 saturated heterocycles. The minimum absolute atomic E-state index is 0.336. The van der Waals surface area contributed by atoms with Crippen molar-refractivity contribution in [3.05, 3.63) is 70.4 Å². The maximum Gasteiger partial charge on any atom is 0.319 e. The summed E-state index contributed by atoms with van der Waals surface area (Å²) in [5.41, 5.74) is 2.17. The number of ether oxygens (including phenoxy) is 1. The molecule has 140 valence electrons. The number of carbonyl (C=O) groups excluding carboxylic acids is 2.